The second kappa shape index (κ2) is 8.66. The third-order valence-corrected chi connectivity index (χ3v) is 5.98. The van der Waals surface area contributed by atoms with Crippen molar-refractivity contribution in [1.82, 2.24) is 9.78 Å². The molecule has 1 aromatic heterocycles. The van der Waals surface area contributed by atoms with E-state index in [1.54, 1.807) is 6.07 Å². The Kier molecular flexibility index (Phi) is 6.23. The van der Waals surface area contributed by atoms with E-state index in [0.717, 1.165) is 22.4 Å². The predicted octanol–water partition coefficient (Wildman–Crippen LogP) is 4.59. The first-order valence-corrected chi connectivity index (χ1v) is 10.4. The molecule has 0 aliphatic rings. The van der Waals surface area contributed by atoms with Gasteiger partial charge in [0.2, 0.25) is 5.91 Å². The zero-order valence-electron chi connectivity index (χ0n) is 17.3. The molecule has 1 amide bonds. The highest BCUT2D eigenvalue weighted by Gasteiger charge is 2.16. The number of thioether (sulfide) groups is 1. The summed E-state index contributed by atoms with van der Waals surface area (Å²) in [5.41, 5.74) is 5.85. The normalized spacial score (nSPS) is 11.9. The number of nitrogens with zero attached hydrogens (tertiary/aromatic N) is 2. The van der Waals surface area contributed by atoms with Gasteiger partial charge in [0.15, 0.2) is 0 Å². The van der Waals surface area contributed by atoms with E-state index >= 15 is 0 Å². The Hall–Kier alpha value is -2.86. The molecule has 0 saturated carbocycles. The number of amides is 1. The molecule has 1 atom stereocenters. The molecule has 1 N–H and O–H groups in total. The summed E-state index contributed by atoms with van der Waals surface area (Å²) in [5.74, 6) is -0.107. The summed E-state index contributed by atoms with van der Waals surface area (Å²) in [7, 11) is 0. The zero-order valence-corrected chi connectivity index (χ0v) is 18.1. The van der Waals surface area contributed by atoms with Gasteiger partial charge in [-0.3, -0.25) is 9.59 Å². The van der Waals surface area contributed by atoms with Crippen molar-refractivity contribution in [2.75, 3.05) is 5.32 Å². The average Bonchev–Trinajstić information content (AvgIpc) is 2.68. The molecule has 6 heteroatoms. The van der Waals surface area contributed by atoms with Crippen LogP contribution in [0.3, 0.4) is 0 Å². The van der Waals surface area contributed by atoms with Gasteiger partial charge >= 0.3 is 0 Å². The first-order valence-electron chi connectivity index (χ1n) is 9.47. The van der Waals surface area contributed by atoms with Crippen LogP contribution in [0, 0.1) is 27.7 Å². The fraction of sp³-hybridized carbons (Fsp3) is 0.261. The molecule has 1 heterocycles. The highest BCUT2D eigenvalue weighted by atomic mass is 32.2. The summed E-state index contributed by atoms with van der Waals surface area (Å²) < 4.78 is 1.38. The lowest BCUT2D eigenvalue weighted by Gasteiger charge is -2.13. The van der Waals surface area contributed by atoms with Gasteiger partial charge < -0.3 is 5.32 Å². The molecule has 150 valence electrons. The molecular formula is C23H25N3O2S. The molecule has 3 rings (SSSR count). The van der Waals surface area contributed by atoms with Crippen molar-refractivity contribution < 1.29 is 4.79 Å². The Balaban J connectivity index is 1.77. The average molecular weight is 408 g/mol. The highest BCUT2D eigenvalue weighted by molar-refractivity contribution is 8.00. The van der Waals surface area contributed by atoms with Gasteiger partial charge in [0.1, 0.15) is 5.03 Å². The number of aryl methyl sites for hydroxylation is 4. The summed E-state index contributed by atoms with van der Waals surface area (Å²) in [5, 5.41) is 7.65. The fourth-order valence-electron chi connectivity index (χ4n) is 2.80. The SMILES string of the molecule is Cc1ccc(NC(=O)[C@H](C)Sc2ccc(=O)n(-c3ccc(C)c(C)c3)n2)cc1C. The number of benzene rings is 2. The lowest BCUT2D eigenvalue weighted by Crippen LogP contribution is -2.24. The van der Waals surface area contributed by atoms with Crippen molar-refractivity contribution in [3.05, 3.63) is 81.1 Å². The van der Waals surface area contributed by atoms with Gasteiger partial charge in [-0.15, -0.1) is 0 Å². The molecule has 0 bridgehead atoms. The molecule has 3 aromatic rings. The first kappa shape index (κ1) is 20.9. The molecule has 0 radical (unpaired) electrons. The number of aromatic nitrogens is 2. The second-order valence-corrected chi connectivity index (χ2v) is 8.60. The van der Waals surface area contributed by atoms with Crippen LogP contribution in [-0.4, -0.2) is 20.9 Å². The molecule has 0 aliphatic heterocycles. The van der Waals surface area contributed by atoms with Crippen LogP contribution in [0.5, 0.6) is 0 Å². The minimum absolute atomic E-state index is 0.107. The minimum atomic E-state index is -0.366. The van der Waals surface area contributed by atoms with Crippen LogP contribution >= 0.6 is 11.8 Å². The van der Waals surface area contributed by atoms with Crippen molar-refractivity contribution >= 4 is 23.4 Å². The lowest BCUT2D eigenvalue weighted by atomic mass is 10.1. The lowest BCUT2D eigenvalue weighted by molar-refractivity contribution is -0.115. The Morgan fingerprint density at radius 1 is 0.931 bits per heavy atom. The molecule has 0 spiro atoms. The Morgan fingerprint density at radius 2 is 1.59 bits per heavy atom. The van der Waals surface area contributed by atoms with Crippen molar-refractivity contribution in [3.8, 4) is 5.69 Å². The molecule has 5 nitrogen and oxygen atoms in total. The van der Waals surface area contributed by atoms with Crippen LogP contribution in [0.25, 0.3) is 5.69 Å². The van der Waals surface area contributed by atoms with Gasteiger partial charge in [-0.25, -0.2) is 0 Å². The Morgan fingerprint density at radius 3 is 2.24 bits per heavy atom. The van der Waals surface area contributed by atoms with E-state index in [4.69, 9.17) is 0 Å². The number of carbonyl (C=O) groups excluding carboxylic acids is 1. The third-order valence-electron chi connectivity index (χ3n) is 4.95. The van der Waals surface area contributed by atoms with Gasteiger partial charge in [0.05, 0.1) is 10.9 Å². The third kappa shape index (κ3) is 4.95. The van der Waals surface area contributed by atoms with Gasteiger partial charge in [-0.1, -0.05) is 23.9 Å². The summed E-state index contributed by atoms with van der Waals surface area (Å²) in [6.07, 6.45) is 0. The second-order valence-electron chi connectivity index (χ2n) is 7.24. The maximum Gasteiger partial charge on any atom is 0.271 e. The number of carbonyl (C=O) groups is 1. The van der Waals surface area contributed by atoms with E-state index in [9.17, 15) is 9.59 Å². The zero-order chi connectivity index (χ0) is 21.1. The maximum absolute atomic E-state index is 12.6. The van der Waals surface area contributed by atoms with Crippen LogP contribution < -0.4 is 10.9 Å². The maximum atomic E-state index is 12.6. The molecule has 0 fully saturated rings. The van der Waals surface area contributed by atoms with Gasteiger partial charge in [-0.05, 0) is 87.2 Å². The summed E-state index contributed by atoms with van der Waals surface area (Å²) in [6, 6.07) is 14.8. The van der Waals surface area contributed by atoms with Crippen molar-refractivity contribution in [2.24, 2.45) is 0 Å². The molecule has 2 aromatic carbocycles. The number of anilines is 1. The van der Waals surface area contributed by atoms with E-state index in [0.29, 0.717) is 10.7 Å². The van der Waals surface area contributed by atoms with Crippen molar-refractivity contribution in [2.45, 2.75) is 44.9 Å². The van der Waals surface area contributed by atoms with Crippen LogP contribution in [-0.2, 0) is 4.79 Å². The van der Waals surface area contributed by atoms with Gasteiger partial charge in [0, 0.05) is 11.8 Å². The van der Waals surface area contributed by atoms with E-state index in [2.05, 4.69) is 10.4 Å². The van der Waals surface area contributed by atoms with Gasteiger partial charge in [-0.2, -0.15) is 9.78 Å². The van der Waals surface area contributed by atoms with E-state index in [-0.39, 0.29) is 16.7 Å². The molecule has 29 heavy (non-hydrogen) atoms. The molecular weight excluding hydrogens is 382 g/mol. The smallest absolute Gasteiger partial charge is 0.271 e. The standard InChI is InChI=1S/C23H25N3O2S/c1-14-6-8-19(12-16(14)3)24-23(28)18(5)29-21-10-11-22(27)26(25-21)20-9-7-15(2)17(4)13-20/h6-13,18H,1-5H3,(H,24,28)/t18-/m0/s1. The topological polar surface area (TPSA) is 64.0 Å². The van der Waals surface area contributed by atoms with Crippen LogP contribution in [0.4, 0.5) is 5.69 Å². The highest BCUT2D eigenvalue weighted by Crippen LogP contribution is 2.23. The predicted molar refractivity (Wildman–Crippen MR) is 119 cm³/mol. The van der Waals surface area contributed by atoms with Crippen LogP contribution in [0.2, 0.25) is 0 Å². The molecule has 0 aliphatic carbocycles. The van der Waals surface area contributed by atoms with E-state index in [1.807, 2.05) is 71.0 Å². The van der Waals surface area contributed by atoms with Crippen molar-refractivity contribution in [3.63, 3.8) is 0 Å². The monoisotopic (exact) mass is 407 g/mol. The number of hydrogen-bond acceptors (Lipinski definition) is 4. The fourth-order valence-corrected chi connectivity index (χ4v) is 3.60. The molecule has 0 saturated heterocycles. The first-order chi connectivity index (χ1) is 13.7. The Labute approximate surface area is 175 Å². The number of rotatable bonds is 5. The quantitative estimate of drug-likeness (QED) is 0.629. The van der Waals surface area contributed by atoms with Crippen molar-refractivity contribution in [1.29, 1.82) is 0 Å². The van der Waals surface area contributed by atoms with Gasteiger partial charge in [0.25, 0.3) is 5.56 Å². The number of nitrogens with one attached hydrogen (secondary N) is 1. The van der Waals surface area contributed by atoms with Crippen LogP contribution in [0.15, 0.2) is 58.4 Å². The minimum Gasteiger partial charge on any atom is -0.325 e. The summed E-state index contributed by atoms with van der Waals surface area (Å²) in [4.78, 5) is 24.9. The molecule has 0 unspecified atom stereocenters. The summed E-state index contributed by atoms with van der Waals surface area (Å²) in [6.45, 7) is 9.91. The largest absolute Gasteiger partial charge is 0.325 e. The van der Waals surface area contributed by atoms with E-state index in [1.165, 1.54) is 28.1 Å². The van der Waals surface area contributed by atoms with Crippen LogP contribution in [0.1, 0.15) is 29.2 Å². The summed E-state index contributed by atoms with van der Waals surface area (Å²) >= 11 is 1.32. The Bertz CT molecular complexity index is 1120. The number of hydrogen-bond donors (Lipinski definition) is 1. The van der Waals surface area contributed by atoms with E-state index < -0.39 is 0 Å².